The maximum Gasteiger partial charge on any atom is 0.340 e. The van der Waals surface area contributed by atoms with Gasteiger partial charge in [0.05, 0.1) is 17.9 Å². The molecule has 2 aromatic carbocycles. The maximum absolute atomic E-state index is 12.5. The van der Waals surface area contributed by atoms with Crippen LogP contribution in [-0.2, 0) is 11.8 Å². The second kappa shape index (κ2) is 6.75. The van der Waals surface area contributed by atoms with E-state index in [1.807, 2.05) is 61.0 Å². The smallest absolute Gasteiger partial charge is 0.340 e. The van der Waals surface area contributed by atoms with Crippen LogP contribution in [0.3, 0.4) is 0 Å². The number of hydrogen-bond acceptors (Lipinski definition) is 2. The van der Waals surface area contributed by atoms with Crippen LogP contribution in [0.2, 0.25) is 0 Å². The van der Waals surface area contributed by atoms with Gasteiger partial charge in [-0.15, -0.1) is 0 Å². The Morgan fingerprint density at radius 1 is 1.08 bits per heavy atom. The van der Waals surface area contributed by atoms with E-state index in [0.29, 0.717) is 12.2 Å². The van der Waals surface area contributed by atoms with Crippen molar-refractivity contribution in [2.24, 2.45) is 7.05 Å². The van der Waals surface area contributed by atoms with Gasteiger partial charge < -0.3 is 9.30 Å². The van der Waals surface area contributed by atoms with Crippen molar-refractivity contribution in [3.63, 3.8) is 0 Å². The molecule has 0 aliphatic carbocycles. The van der Waals surface area contributed by atoms with E-state index < -0.39 is 0 Å². The molecule has 3 heteroatoms. The van der Waals surface area contributed by atoms with Crippen molar-refractivity contribution in [3.05, 3.63) is 71.4 Å². The number of ether oxygens (including phenoxy) is 1. The number of nitrogens with zero attached hydrogens (tertiary/aromatic N) is 1. The average Bonchev–Trinajstić information content (AvgIpc) is 2.88. The highest BCUT2D eigenvalue weighted by Gasteiger charge is 2.20. The van der Waals surface area contributed by atoms with Gasteiger partial charge in [-0.1, -0.05) is 48.5 Å². The van der Waals surface area contributed by atoms with E-state index in [-0.39, 0.29) is 5.97 Å². The lowest BCUT2D eigenvalue weighted by Gasteiger charge is -2.06. The molecule has 122 valence electrons. The van der Waals surface area contributed by atoms with Crippen LogP contribution < -0.4 is 0 Å². The average molecular weight is 319 g/mol. The highest BCUT2D eigenvalue weighted by Crippen LogP contribution is 2.29. The number of esters is 1. The van der Waals surface area contributed by atoms with Crippen LogP contribution in [0.1, 0.15) is 35.5 Å². The molecule has 0 fully saturated rings. The third kappa shape index (κ3) is 2.85. The number of allylic oxidation sites excluding steroid dienone is 1. The molecule has 0 aliphatic rings. The van der Waals surface area contributed by atoms with E-state index in [1.165, 1.54) is 0 Å². The van der Waals surface area contributed by atoms with Gasteiger partial charge in [0.1, 0.15) is 0 Å². The number of rotatable bonds is 4. The summed E-state index contributed by atoms with van der Waals surface area (Å²) >= 11 is 0. The van der Waals surface area contributed by atoms with Gasteiger partial charge in [0.25, 0.3) is 0 Å². The Hall–Kier alpha value is -2.81. The molecule has 0 N–H and O–H groups in total. The van der Waals surface area contributed by atoms with Crippen LogP contribution in [0.4, 0.5) is 0 Å². The third-order valence-corrected chi connectivity index (χ3v) is 4.21. The lowest BCUT2D eigenvalue weighted by molar-refractivity contribution is 0.0528. The standard InChI is InChI=1S/C21H21NO2/c1-4-24-21(23)20-17-12-8-9-13-18(17)22(3)19(20)14-15(2)16-10-6-5-7-11-16/h5-14H,4H2,1-3H3/b15-14+. The van der Waals surface area contributed by atoms with Crippen molar-refractivity contribution >= 4 is 28.5 Å². The second-order valence-corrected chi connectivity index (χ2v) is 5.75. The minimum Gasteiger partial charge on any atom is -0.462 e. The van der Waals surface area contributed by atoms with Crippen LogP contribution in [0.25, 0.3) is 22.6 Å². The van der Waals surface area contributed by atoms with Crippen LogP contribution in [0.5, 0.6) is 0 Å². The molecule has 0 bridgehead atoms. The molecule has 0 radical (unpaired) electrons. The molecule has 0 unspecified atom stereocenters. The topological polar surface area (TPSA) is 31.2 Å². The highest BCUT2D eigenvalue weighted by atomic mass is 16.5. The monoisotopic (exact) mass is 319 g/mol. The predicted molar refractivity (Wildman–Crippen MR) is 98.9 cm³/mol. The molecule has 0 amide bonds. The van der Waals surface area contributed by atoms with Crippen molar-refractivity contribution in [2.75, 3.05) is 6.61 Å². The number of benzene rings is 2. The Morgan fingerprint density at radius 2 is 1.75 bits per heavy atom. The molecule has 1 aromatic heterocycles. The first-order valence-corrected chi connectivity index (χ1v) is 8.11. The molecule has 24 heavy (non-hydrogen) atoms. The quantitative estimate of drug-likeness (QED) is 0.639. The SMILES string of the molecule is CCOC(=O)c1c(/C=C(\C)c2ccccc2)n(C)c2ccccc12. The first kappa shape index (κ1) is 16.1. The number of fused-ring (bicyclic) bond motifs is 1. The van der Waals surface area contributed by atoms with Crippen molar-refractivity contribution in [3.8, 4) is 0 Å². The van der Waals surface area contributed by atoms with Crippen molar-refractivity contribution < 1.29 is 9.53 Å². The third-order valence-electron chi connectivity index (χ3n) is 4.21. The largest absolute Gasteiger partial charge is 0.462 e. The summed E-state index contributed by atoms with van der Waals surface area (Å²) in [5, 5.41) is 0.922. The summed E-state index contributed by atoms with van der Waals surface area (Å²) in [6.45, 7) is 4.25. The molecular weight excluding hydrogens is 298 g/mol. The lowest BCUT2D eigenvalue weighted by atomic mass is 10.0. The number of aromatic nitrogens is 1. The number of hydrogen-bond donors (Lipinski definition) is 0. The van der Waals surface area contributed by atoms with E-state index in [1.54, 1.807) is 0 Å². The first-order valence-electron chi connectivity index (χ1n) is 8.11. The highest BCUT2D eigenvalue weighted by molar-refractivity contribution is 6.08. The van der Waals surface area contributed by atoms with Gasteiger partial charge in [0.2, 0.25) is 0 Å². The molecule has 3 rings (SSSR count). The predicted octanol–water partition coefficient (Wildman–Crippen LogP) is 4.92. The number of carbonyl (C=O) groups excluding carboxylic acids is 1. The van der Waals surface area contributed by atoms with Crippen molar-refractivity contribution in [1.29, 1.82) is 0 Å². The van der Waals surface area contributed by atoms with Gasteiger partial charge in [0.15, 0.2) is 0 Å². The Balaban J connectivity index is 2.21. The van der Waals surface area contributed by atoms with Crippen LogP contribution in [-0.4, -0.2) is 17.1 Å². The fraction of sp³-hybridized carbons (Fsp3) is 0.190. The minimum atomic E-state index is -0.276. The number of para-hydroxylation sites is 1. The Labute approximate surface area is 142 Å². The molecule has 0 atom stereocenters. The van der Waals surface area contributed by atoms with Crippen LogP contribution in [0, 0.1) is 0 Å². The number of carbonyl (C=O) groups is 1. The summed E-state index contributed by atoms with van der Waals surface area (Å²) < 4.78 is 7.35. The van der Waals surface area contributed by atoms with Crippen LogP contribution >= 0.6 is 0 Å². The minimum absolute atomic E-state index is 0.276. The van der Waals surface area contributed by atoms with E-state index in [0.717, 1.165) is 27.7 Å². The number of aryl methyl sites for hydroxylation is 1. The normalized spacial score (nSPS) is 11.7. The molecular formula is C21H21NO2. The second-order valence-electron chi connectivity index (χ2n) is 5.75. The molecule has 0 saturated heterocycles. The fourth-order valence-corrected chi connectivity index (χ4v) is 2.99. The van der Waals surface area contributed by atoms with Gasteiger partial charge in [0, 0.05) is 18.0 Å². The summed E-state index contributed by atoms with van der Waals surface area (Å²) in [7, 11) is 1.98. The van der Waals surface area contributed by atoms with E-state index in [2.05, 4.69) is 25.1 Å². The van der Waals surface area contributed by atoms with Gasteiger partial charge in [-0.3, -0.25) is 0 Å². The van der Waals surface area contributed by atoms with Crippen LogP contribution in [0.15, 0.2) is 54.6 Å². The van der Waals surface area contributed by atoms with Crippen molar-refractivity contribution in [1.82, 2.24) is 4.57 Å². The maximum atomic E-state index is 12.5. The molecule has 1 heterocycles. The summed E-state index contributed by atoms with van der Waals surface area (Å²) in [4.78, 5) is 12.5. The zero-order valence-corrected chi connectivity index (χ0v) is 14.2. The zero-order valence-electron chi connectivity index (χ0n) is 14.2. The molecule has 0 spiro atoms. The molecule has 3 nitrogen and oxygen atoms in total. The van der Waals surface area contributed by atoms with E-state index in [9.17, 15) is 4.79 Å². The summed E-state index contributed by atoms with van der Waals surface area (Å²) in [6, 6.07) is 18.1. The van der Waals surface area contributed by atoms with Gasteiger partial charge in [-0.05, 0) is 37.1 Å². The molecule has 0 saturated carbocycles. The molecule has 0 aliphatic heterocycles. The Morgan fingerprint density at radius 3 is 2.46 bits per heavy atom. The first-order chi connectivity index (χ1) is 11.6. The lowest BCUT2D eigenvalue weighted by Crippen LogP contribution is -2.06. The molecule has 3 aromatic rings. The Bertz CT molecular complexity index is 904. The zero-order chi connectivity index (χ0) is 17.1. The van der Waals surface area contributed by atoms with E-state index >= 15 is 0 Å². The Kier molecular flexibility index (Phi) is 4.52. The van der Waals surface area contributed by atoms with Gasteiger partial charge in [-0.25, -0.2) is 4.79 Å². The summed E-state index contributed by atoms with van der Waals surface area (Å²) in [6.07, 6.45) is 2.06. The van der Waals surface area contributed by atoms with Gasteiger partial charge in [-0.2, -0.15) is 0 Å². The summed E-state index contributed by atoms with van der Waals surface area (Å²) in [5.41, 5.74) is 4.76. The van der Waals surface area contributed by atoms with E-state index in [4.69, 9.17) is 4.74 Å². The fourth-order valence-electron chi connectivity index (χ4n) is 2.99. The summed E-state index contributed by atoms with van der Waals surface area (Å²) in [5.74, 6) is -0.276. The van der Waals surface area contributed by atoms with Gasteiger partial charge >= 0.3 is 5.97 Å². The van der Waals surface area contributed by atoms with Crippen molar-refractivity contribution in [2.45, 2.75) is 13.8 Å².